The lowest BCUT2D eigenvalue weighted by Gasteiger charge is -2.49. The summed E-state index contributed by atoms with van der Waals surface area (Å²) >= 11 is 0. The van der Waals surface area contributed by atoms with Gasteiger partial charge >= 0.3 is 5.97 Å². The second-order valence-electron chi connectivity index (χ2n) is 7.09. The summed E-state index contributed by atoms with van der Waals surface area (Å²) < 4.78 is 5.58. The minimum Gasteiger partial charge on any atom is -0.459 e. The van der Waals surface area contributed by atoms with Gasteiger partial charge in [-0.1, -0.05) is 12.1 Å². The Hall–Kier alpha value is -1.72. The molecule has 0 saturated carbocycles. The average Bonchev–Trinajstić information content (AvgIpc) is 2.44. The molecule has 0 atom stereocenters. The Morgan fingerprint density at radius 3 is 2.09 bits per heavy atom. The highest BCUT2D eigenvalue weighted by atomic mass is 16.5. The number of benzene rings is 1. The van der Waals surface area contributed by atoms with E-state index in [2.05, 4.69) is 0 Å². The number of rotatable bonds is 3. The quantitative estimate of drug-likeness (QED) is 0.636. The zero-order chi connectivity index (χ0) is 16.5. The molecule has 119 valence electrons. The van der Waals surface area contributed by atoms with E-state index in [-0.39, 0.29) is 6.10 Å². The van der Waals surface area contributed by atoms with Crippen molar-refractivity contribution < 1.29 is 19.5 Å². The molecule has 1 heterocycles. The summed E-state index contributed by atoms with van der Waals surface area (Å²) in [4.78, 5) is 22.8. The number of hydrogen-bond donors (Lipinski definition) is 0. The molecule has 22 heavy (non-hydrogen) atoms. The fourth-order valence-corrected chi connectivity index (χ4v) is 3.17. The van der Waals surface area contributed by atoms with Crippen LogP contribution in [0, 0.1) is 0 Å². The third-order valence-electron chi connectivity index (χ3n) is 4.11. The number of esters is 1. The smallest absolute Gasteiger partial charge is 0.338 e. The van der Waals surface area contributed by atoms with E-state index < -0.39 is 17.0 Å². The summed E-state index contributed by atoms with van der Waals surface area (Å²) in [5.74, 6) is -0.423. The zero-order valence-corrected chi connectivity index (χ0v) is 13.5. The molecular weight excluding hydrogens is 282 g/mol. The van der Waals surface area contributed by atoms with Crippen molar-refractivity contribution in [1.82, 2.24) is 5.06 Å². The standard InChI is InChI=1S/C17H22NO4/c1-16(2)9-14(10-17(3,4)18(16)21)22-15(20)13-7-5-12(11-19)6-8-13/h5-8,11,14H,9-10H2,1-4H3. The van der Waals surface area contributed by atoms with Crippen LogP contribution >= 0.6 is 0 Å². The lowest BCUT2D eigenvalue weighted by Crippen LogP contribution is -2.60. The molecule has 0 aromatic heterocycles. The Morgan fingerprint density at radius 1 is 1.14 bits per heavy atom. The van der Waals surface area contributed by atoms with E-state index in [0.29, 0.717) is 24.0 Å². The molecule has 2 rings (SSSR count). The minimum atomic E-state index is -0.575. The Morgan fingerprint density at radius 2 is 1.64 bits per heavy atom. The van der Waals surface area contributed by atoms with Gasteiger partial charge in [0.05, 0.1) is 5.56 Å². The van der Waals surface area contributed by atoms with Gasteiger partial charge in [0, 0.05) is 29.5 Å². The van der Waals surface area contributed by atoms with Crippen LogP contribution in [0.2, 0.25) is 0 Å². The molecule has 1 fully saturated rings. The molecular formula is C17H22NO4. The maximum absolute atomic E-state index is 12.3. The molecule has 0 bridgehead atoms. The molecule has 1 aliphatic heterocycles. The van der Waals surface area contributed by atoms with Gasteiger partial charge in [0.2, 0.25) is 0 Å². The summed E-state index contributed by atoms with van der Waals surface area (Å²) in [7, 11) is 0. The predicted octanol–water partition coefficient (Wildman–Crippen LogP) is 3.02. The van der Waals surface area contributed by atoms with Crippen LogP contribution in [0.25, 0.3) is 0 Å². The fraction of sp³-hybridized carbons (Fsp3) is 0.529. The average molecular weight is 304 g/mol. The minimum absolute atomic E-state index is 0.298. The number of carbonyl (C=O) groups is 2. The molecule has 1 aromatic carbocycles. The van der Waals surface area contributed by atoms with Gasteiger partial charge in [0.1, 0.15) is 12.4 Å². The van der Waals surface area contributed by atoms with E-state index in [4.69, 9.17) is 4.74 Å². The van der Waals surface area contributed by atoms with Crippen LogP contribution in [0.15, 0.2) is 24.3 Å². The van der Waals surface area contributed by atoms with E-state index in [0.717, 1.165) is 11.3 Å². The normalized spacial score (nSPS) is 21.3. The molecule has 0 unspecified atom stereocenters. The van der Waals surface area contributed by atoms with Crippen molar-refractivity contribution >= 4 is 12.3 Å². The van der Waals surface area contributed by atoms with Gasteiger partial charge in [-0.25, -0.2) is 4.79 Å². The van der Waals surface area contributed by atoms with Gasteiger partial charge < -0.3 is 4.74 Å². The van der Waals surface area contributed by atoms with Crippen molar-refractivity contribution in [3.63, 3.8) is 0 Å². The Kier molecular flexibility index (Phi) is 4.40. The van der Waals surface area contributed by atoms with Crippen molar-refractivity contribution in [1.29, 1.82) is 0 Å². The van der Waals surface area contributed by atoms with E-state index >= 15 is 0 Å². The van der Waals surface area contributed by atoms with Crippen LogP contribution in [-0.2, 0) is 9.94 Å². The topological polar surface area (TPSA) is 66.5 Å². The number of hydroxylamine groups is 2. The molecule has 5 nitrogen and oxygen atoms in total. The maximum atomic E-state index is 12.3. The van der Waals surface area contributed by atoms with Crippen LogP contribution in [0.5, 0.6) is 0 Å². The first kappa shape index (κ1) is 16.6. The lowest BCUT2D eigenvalue weighted by molar-refractivity contribution is -0.298. The second-order valence-corrected chi connectivity index (χ2v) is 7.09. The number of nitrogens with zero attached hydrogens (tertiary/aromatic N) is 1. The van der Waals surface area contributed by atoms with Crippen molar-refractivity contribution in [2.24, 2.45) is 0 Å². The number of hydrogen-bond acceptors (Lipinski definition) is 4. The molecule has 1 radical (unpaired) electrons. The SMILES string of the molecule is CC1(C)CC(OC(=O)c2ccc(C=O)cc2)CC(C)(C)N1[O]. The largest absolute Gasteiger partial charge is 0.459 e. The molecule has 1 aliphatic rings. The van der Waals surface area contributed by atoms with Crippen LogP contribution in [0.3, 0.4) is 0 Å². The van der Waals surface area contributed by atoms with Crippen molar-refractivity contribution in [2.75, 3.05) is 0 Å². The van der Waals surface area contributed by atoms with Gasteiger partial charge in [-0.15, -0.1) is 10.3 Å². The highest BCUT2D eigenvalue weighted by Gasteiger charge is 2.47. The second kappa shape index (κ2) is 5.82. The van der Waals surface area contributed by atoms with E-state index in [1.54, 1.807) is 24.3 Å². The summed E-state index contributed by atoms with van der Waals surface area (Å²) in [6.07, 6.45) is 1.42. The number of piperidine rings is 1. The summed E-state index contributed by atoms with van der Waals surface area (Å²) in [6.45, 7) is 7.45. The first-order chi connectivity index (χ1) is 10.2. The summed E-state index contributed by atoms with van der Waals surface area (Å²) in [6, 6.07) is 6.31. The van der Waals surface area contributed by atoms with Crippen LogP contribution in [0.4, 0.5) is 0 Å². The molecule has 5 heteroatoms. The van der Waals surface area contributed by atoms with E-state index in [9.17, 15) is 14.8 Å². The zero-order valence-electron chi connectivity index (χ0n) is 13.5. The van der Waals surface area contributed by atoms with Gasteiger partial charge in [-0.05, 0) is 39.8 Å². The summed E-state index contributed by atoms with van der Waals surface area (Å²) in [5, 5.41) is 13.4. The molecule has 0 N–H and O–H groups in total. The van der Waals surface area contributed by atoms with Crippen LogP contribution in [-0.4, -0.2) is 34.5 Å². The van der Waals surface area contributed by atoms with Gasteiger partial charge in [-0.2, -0.15) is 0 Å². The molecule has 0 spiro atoms. The van der Waals surface area contributed by atoms with E-state index in [1.807, 2.05) is 27.7 Å². The number of aldehydes is 1. The molecule has 0 amide bonds. The fourth-order valence-electron chi connectivity index (χ4n) is 3.17. The predicted molar refractivity (Wildman–Crippen MR) is 81.0 cm³/mol. The third kappa shape index (κ3) is 3.36. The Balaban J connectivity index is 2.09. The highest BCUT2D eigenvalue weighted by Crippen LogP contribution is 2.38. The highest BCUT2D eigenvalue weighted by molar-refractivity contribution is 5.90. The van der Waals surface area contributed by atoms with Crippen molar-refractivity contribution in [3.8, 4) is 0 Å². The molecule has 1 saturated heterocycles. The Labute approximate surface area is 130 Å². The summed E-state index contributed by atoms with van der Waals surface area (Å²) in [5.41, 5.74) is -0.230. The lowest BCUT2D eigenvalue weighted by atomic mass is 9.80. The number of carbonyl (C=O) groups excluding carboxylic acids is 2. The molecule has 1 aromatic rings. The van der Waals surface area contributed by atoms with Gasteiger partial charge in [-0.3, -0.25) is 4.79 Å². The van der Waals surface area contributed by atoms with Crippen LogP contribution < -0.4 is 0 Å². The van der Waals surface area contributed by atoms with Crippen molar-refractivity contribution in [2.45, 2.75) is 57.7 Å². The first-order valence-corrected chi connectivity index (χ1v) is 7.39. The monoisotopic (exact) mass is 304 g/mol. The van der Waals surface area contributed by atoms with Gasteiger partial charge in [0.15, 0.2) is 0 Å². The molecule has 0 aliphatic carbocycles. The van der Waals surface area contributed by atoms with E-state index in [1.165, 1.54) is 0 Å². The van der Waals surface area contributed by atoms with Crippen LogP contribution in [0.1, 0.15) is 61.3 Å². The maximum Gasteiger partial charge on any atom is 0.338 e. The van der Waals surface area contributed by atoms with Crippen molar-refractivity contribution in [3.05, 3.63) is 35.4 Å². The third-order valence-corrected chi connectivity index (χ3v) is 4.11. The first-order valence-electron chi connectivity index (χ1n) is 7.39. The number of ether oxygens (including phenoxy) is 1. The van der Waals surface area contributed by atoms with Gasteiger partial charge in [0.25, 0.3) is 0 Å². The Bertz CT molecular complexity index is 545.